The molecular formula is C23H24N2O5. The van der Waals surface area contributed by atoms with E-state index in [-0.39, 0.29) is 43.9 Å². The largest absolute Gasteiger partial charge is 0.490 e. The maximum absolute atomic E-state index is 13.4. The van der Waals surface area contributed by atoms with Gasteiger partial charge in [0.25, 0.3) is 5.91 Å². The van der Waals surface area contributed by atoms with Crippen molar-refractivity contribution in [1.29, 1.82) is 0 Å². The molecule has 2 aliphatic heterocycles. The second-order valence-electron chi connectivity index (χ2n) is 7.63. The zero-order chi connectivity index (χ0) is 21.3. The highest BCUT2D eigenvalue weighted by atomic mass is 16.6. The van der Waals surface area contributed by atoms with Gasteiger partial charge in [0.2, 0.25) is 11.6 Å². The number of carbonyl (C=O) groups is 3. The zero-order valence-corrected chi connectivity index (χ0v) is 17.0. The quantitative estimate of drug-likeness (QED) is 0.543. The summed E-state index contributed by atoms with van der Waals surface area (Å²) in [6.45, 7) is 3.85. The third-order valence-corrected chi connectivity index (χ3v) is 5.47. The Kier molecular flexibility index (Phi) is 5.20. The maximum atomic E-state index is 13.4. The van der Waals surface area contributed by atoms with E-state index < -0.39 is 11.6 Å². The molecule has 0 aromatic heterocycles. The summed E-state index contributed by atoms with van der Waals surface area (Å²) in [4.78, 5) is 42.4. The predicted molar refractivity (Wildman–Crippen MR) is 110 cm³/mol. The van der Waals surface area contributed by atoms with E-state index in [1.807, 2.05) is 44.2 Å². The van der Waals surface area contributed by atoms with Crippen molar-refractivity contribution in [2.45, 2.75) is 38.4 Å². The molecule has 1 atom stereocenters. The zero-order valence-electron chi connectivity index (χ0n) is 17.0. The van der Waals surface area contributed by atoms with E-state index in [0.29, 0.717) is 17.0 Å². The van der Waals surface area contributed by atoms with Crippen molar-refractivity contribution in [2.75, 3.05) is 18.1 Å². The summed E-state index contributed by atoms with van der Waals surface area (Å²) in [7, 11) is 0. The van der Waals surface area contributed by atoms with Gasteiger partial charge in [-0.1, -0.05) is 30.3 Å². The third-order valence-electron chi connectivity index (χ3n) is 5.47. The van der Waals surface area contributed by atoms with Crippen LogP contribution < -0.4 is 9.64 Å². The molecule has 2 aliphatic rings. The molecule has 1 fully saturated rings. The third kappa shape index (κ3) is 3.10. The van der Waals surface area contributed by atoms with Crippen LogP contribution in [0.1, 0.15) is 37.0 Å². The molecule has 1 saturated heterocycles. The predicted octanol–water partition coefficient (Wildman–Crippen LogP) is 3.00. The van der Waals surface area contributed by atoms with Gasteiger partial charge in [-0.25, -0.2) is 4.79 Å². The average Bonchev–Trinajstić information content (AvgIpc) is 3.10. The van der Waals surface area contributed by atoms with Gasteiger partial charge in [-0.3, -0.25) is 14.5 Å². The van der Waals surface area contributed by atoms with E-state index in [4.69, 9.17) is 9.47 Å². The van der Waals surface area contributed by atoms with Crippen LogP contribution in [-0.4, -0.2) is 47.6 Å². The number of nitrogens with zero attached hydrogens (tertiary/aromatic N) is 2. The van der Waals surface area contributed by atoms with Crippen molar-refractivity contribution in [1.82, 2.24) is 4.90 Å². The summed E-state index contributed by atoms with van der Waals surface area (Å²) in [5.74, 6) is -0.404. The number of anilines is 1. The molecule has 30 heavy (non-hydrogen) atoms. The first-order valence-electron chi connectivity index (χ1n) is 10.1. The van der Waals surface area contributed by atoms with Crippen LogP contribution in [0.15, 0.2) is 54.6 Å². The lowest BCUT2D eigenvalue weighted by atomic mass is 9.95. The van der Waals surface area contributed by atoms with E-state index >= 15 is 0 Å². The number of carbonyl (C=O) groups excluding carboxylic acids is 3. The van der Waals surface area contributed by atoms with Gasteiger partial charge in [0.15, 0.2) is 0 Å². The van der Waals surface area contributed by atoms with E-state index in [1.54, 1.807) is 24.3 Å². The summed E-state index contributed by atoms with van der Waals surface area (Å²) in [5, 5.41) is 0. The monoisotopic (exact) mass is 408 g/mol. The number of fused-ring (bicyclic) bond motifs is 3. The maximum Gasteiger partial charge on any atom is 0.353 e. The Morgan fingerprint density at radius 1 is 1.03 bits per heavy atom. The number of ether oxygens (including phenoxy) is 2. The van der Waals surface area contributed by atoms with E-state index in [1.165, 1.54) is 9.80 Å². The van der Waals surface area contributed by atoms with Crippen LogP contribution in [0.5, 0.6) is 5.75 Å². The highest BCUT2D eigenvalue weighted by Gasteiger charge is 2.62. The van der Waals surface area contributed by atoms with Gasteiger partial charge in [-0.15, -0.1) is 0 Å². The van der Waals surface area contributed by atoms with Crippen LogP contribution in [0.4, 0.5) is 5.69 Å². The van der Waals surface area contributed by atoms with Gasteiger partial charge in [-0.2, -0.15) is 0 Å². The van der Waals surface area contributed by atoms with Gasteiger partial charge in [0, 0.05) is 18.9 Å². The van der Waals surface area contributed by atoms with Gasteiger partial charge in [0.1, 0.15) is 19.0 Å². The first-order valence-corrected chi connectivity index (χ1v) is 10.1. The Balaban J connectivity index is 1.61. The minimum absolute atomic E-state index is 0.0132. The number of amides is 2. The normalized spacial score (nSPS) is 20.2. The number of para-hydroxylation sites is 2. The summed E-state index contributed by atoms with van der Waals surface area (Å²) in [5.41, 5.74) is -0.597. The summed E-state index contributed by atoms with van der Waals surface area (Å²) < 4.78 is 11.1. The molecule has 0 N–H and O–H groups in total. The lowest BCUT2D eigenvalue weighted by Crippen LogP contribution is -2.70. The van der Waals surface area contributed by atoms with Crippen LogP contribution in [0.2, 0.25) is 0 Å². The first-order chi connectivity index (χ1) is 14.5. The molecule has 0 unspecified atom stereocenters. The Labute approximate surface area is 175 Å². The molecular weight excluding hydrogens is 384 g/mol. The number of benzene rings is 2. The lowest BCUT2D eigenvalue weighted by molar-refractivity contribution is -0.159. The molecule has 2 aromatic rings. The standard InChI is InChI=1S/C23H24N2O5/c1-16(2)24-21(27)18-10-6-7-11-19(18)25-20(26)12-13-23(24,25)22(28)30-15-14-29-17-8-4-3-5-9-17/h3-11,16H,12-15H2,1-2H3/t23-/m0/s1. The Morgan fingerprint density at radius 2 is 1.73 bits per heavy atom. The number of rotatable bonds is 6. The lowest BCUT2D eigenvalue weighted by Gasteiger charge is -2.50. The Morgan fingerprint density at radius 3 is 2.47 bits per heavy atom. The molecule has 2 amide bonds. The molecule has 0 spiro atoms. The van der Waals surface area contributed by atoms with Gasteiger partial charge < -0.3 is 14.4 Å². The van der Waals surface area contributed by atoms with Crippen molar-refractivity contribution >= 4 is 23.5 Å². The molecule has 2 aromatic carbocycles. The number of esters is 1. The van der Waals surface area contributed by atoms with Gasteiger partial charge in [0.05, 0.1) is 11.3 Å². The molecule has 0 saturated carbocycles. The van der Waals surface area contributed by atoms with Crippen LogP contribution in [0.25, 0.3) is 0 Å². The number of hydrogen-bond donors (Lipinski definition) is 0. The van der Waals surface area contributed by atoms with Crippen molar-refractivity contribution in [3.63, 3.8) is 0 Å². The first kappa shape index (κ1) is 19.9. The van der Waals surface area contributed by atoms with Crippen LogP contribution in [0.3, 0.4) is 0 Å². The number of hydrogen-bond acceptors (Lipinski definition) is 5. The molecule has 2 heterocycles. The molecule has 4 rings (SSSR count). The Bertz CT molecular complexity index is 975. The minimum Gasteiger partial charge on any atom is -0.490 e. The SMILES string of the molecule is CC(C)N1C(=O)c2ccccc2N2C(=O)CC[C@@]21C(=O)OCCOc1ccccc1. The molecule has 0 bridgehead atoms. The molecule has 0 radical (unpaired) electrons. The average molecular weight is 408 g/mol. The molecule has 7 heteroatoms. The highest BCUT2D eigenvalue weighted by molar-refractivity contribution is 6.15. The van der Waals surface area contributed by atoms with Crippen molar-refractivity contribution in [2.24, 2.45) is 0 Å². The topological polar surface area (TPSA) is 76.2 Å². The van der Waals surface area contributed by atoms with Crippen LogP contribution in [-0.2, 0) is 14.3 Å². The van der Waals surface area contributed by atoms with Gasteiger partial charge >= 0.3 is 5.97 Å². The molecule has 7 nitrogen and oxygen atoms in total. The molecule has 156 valence electrons. The van der Waals surface area contributed by atoms with Crippen LogP contribution >= 0.6 is 0 Å². The minimum atomic E-state index is -1.47. The summed E-state index contributed by atoms with van der Waals surface area (Å²) in [6, 6.07) is 15.8. The van der Waals surface area contributed by atoms with Gasteiger partial charge in [-0.05, 0) is 38.1 Å². The summed E-state index contributed by atoms with van der Waals surface area (Å²) >= 11 is 0. The van der Waals surface area contributed by atoms with E-state index in [2.05, 4.69) is 0 Å². The van der Waals surface area contributed by atoms with E-state index in [9.17, 15) is 14.4 Å². The fraction of sp³-hybridized carbons (Fsp3) is 0.348. The summed E-state index contributed by atoms with van der Waals surface area (Å²) in [6.07, 6.45) is 0.364. The van der Waals surface area contributed by atoms with Crippen LogP contribution in [0, 0.1) is 0 Å². The second-order valence-corrected chi connectivity index (χ2v) is 7.63. The van der Waals surface area contributed by atoms with E-state index in [0.717, 1.165) is 0 Å². The van der Waals surface area contributed by atoms with Crippen molar-refractivity contribution in [3.8, 4) is 5.75 Å². The fourth-order valence-electron chi connectivity index (χ4n) is 4.30. The van der Waals surface area contributed by atoms with Crippen molar-refractivity contribution < 1.29 is 23.9 Å². The Hall–Kier alpha value is -3.35. The highest BCUT2D eigenvalue weighted by Crippen LogP contribution is 2.45. The smallest absolute Gasteiger partial charge is 0.353 e. The fourth-order valence-corrected chi connectivity index (χ4v) is 4.30. The van der Waals surface area contributed by atoms with Crippen molar-refractivity contribution in [3.05, 3.63) is 60.2 Å². The second kappa shape index (κ2) is 7.82. The molecule has 0 aliphatic carbocycles.